The van der Waals surface area contributed by atoms with Gasteiger partial charge in [0.05, 0.1) is 27.7 Å². The minimum atomic E-state index is -0.995. The zero-order valence-electron chi connectivity index (χ0n) is 9.76. The number of quaternary nitrogens is 1. The van der Waals surface area contributed by atoms with E-state index >= 15 is 0 Å². The summed E-state index contributed by atoms with van der Waals surface area (Å²) < 4.78 is 1.08. The number of hydrogen-bond donors (Lipinski definition) is 0. The molecule has 0 saturated heterocycles. The van der Waals surface area contributed by atoms with Gasteiger partial charge in [0.15, 0.2) is 0 Å². The molecule has 0 atom stereocenters. The Morgan fingerprint density at radius 1 is 1.31 bits per heavy atom. The number of hydrogen-bond acceptors (Lipinski definition) is 2. The van der Waals surface area contributed by atoms with Crippen LogP contribution in [-0.4, -0.2) is 38.1 Å². The Morgan fingerprint density at radius 2 is 1.62 bits per heavy atom. The molecule has 0 amide bonds. The molecule has 3 heteroatoms. The average Bonchev–Trinajstić information content (AvgIpc) is 1.83. The first kappa shape index (κ1) is 14.9. The summed E-state index contributed by atoms with van der Waals surface area (Å²) in [6.45, 7) is 7.31. The van der Waals surface area contributed by atoms with E-state index in [1.54, 1.807) is 0 Å². The molecule has 0 aliphatic rings. The van der Waals surface area contributed by atoms with E-state index in [4.69, 9.17) is 0 Å². The molecule has 0 aromatic rings. The number of carbonyl (C=O) groups excluding carboxylic acids is 1. The van der Waals surface area contributed by atoms with E-state index in [-0.39, 0.29) is 6.42 Å². The standard InChI is InChI=1S/C7H18N.C3H6O2/c1-7(2)6-8(3,4)5;1-2-3(4)5/h7H,6H2,1-5H3;2H2,1H3,(H,4,5)/q+1;/p-1. The second-order valence-electron chi connectivity index (χ2n) is 4.59. The molecule has 0 saturated carbocycles. The van der Waals surface area contributed by atoms with Gasteiger partial charge in [-0.1, -0.05) is 20.8 Å². The van der Waals surface area contributed by atoms with Crippen LogP contribution in [0.5, 0.6) is 0 Å². The Morgan fingerprint density at radius 3 is 1.62 bits per heavy atom. The van der Waals surface area contributed by atoms with Gasteiger partial charge in [-0.05, 0) is 6.42 Å². The van der Waals surface area contributed by atoms with Gasteiger partial charge in [-0.25, -0.2) is 0 Å². The number of aliphatic carboxylic acids is 1. The molecular formula is C10H23NO2. The number of rotatable bonds is 3. The van der Waals surface area contributed by atoms with Crippen LogP contribution in [0.2, 0.25) is 0 Å². The van der Waals surface area contributed by atoms with E-state index in [0.717, 1.165) is 10.4 Å². The number of carboxylic acids is 1. The molecule has 0 fully saturated rings. The van der Waals surface area contributed by atoms with Crippen molar-refractivity contribution < 1.29 is 14.4 Å². The molecule has 3 nitrogen and oxygen atoms in total. The van der Waals surface area contributed by atoms with Crippen LogP contribution in [0, 0.1) is 5.92 Å². The molecule has 80 valence electrons. The summed E-state index contributed by atoms with van der Waals surface area (Å²) in [5.74, 6) is -0.181. The fraction of sp³-hybridized carbons (Fsp3) is 0.900. The molecule has 0 radical (unpaired) electrons. The van der Waals surface area contributed by atoms with Gasteiger partial charge in [0.2, 0.25) is 0 Å². The third-order valence-electron chi connectivity index (χ3n) is 1.20. The molecule has 0 aliphatic carbocycles. The predicted octanol–water partition coefficient (Wildman–Crippen LogP) is 0.495. The third kappa shape index (κ3) is 24.6. The van der Waals surface area contributed by atoms with Crippen LogP contribution in [0.1, 0.15) is 27.2 Å². The van der Waals surface area contributed by atoms with Crippen molar-refractivity contribution in [2.75, 3.05) is 27.7 Å². The monoisotopic (exact) mass is 189 g/mol. The fourth-order valence-corrected chi connectivity index (χ4v) is 1.10. The number of nitrogens with zero attached hydrogens (tertiary/aromatic N) is 1. The van der Waals surface area contributed by atoms with Gasteiger partial charge in [-0.3, -0.25) is 0 Å². The van der Waals surface area contributed by atoms with Crippen LogP contribution in [0.15, 0.2) is 0 Å². The van der Waals surface area contributed by atoms with Gasteiger partial charge < -0.3 is 14.4 Å². The molecule has 0 rings (SSSR count). The van der Waals surface area contributed by atoms with Crippen LogP contribution in [-0.2, 0) is 4.79 Å². The first-order chi connectivity index (χ1) is 5.69. The second kappa shape index (κ2) is 6.89. The van der Waals surface area contributed by atoms with Gasteiger partial charge in [0.25, 0.3) is 0 Å². The summed E-state index contributed by atoms with van der Waals surface area (Å²) in [7, 11) is 6.67. The van der Waals surface area contributed by atoms with Crippen LogP contribution in [0.3, 0.4) is 0 Å². The Kier molecular flexibility index (Phi) is 7.92. The molecule has 0 N–H and O–H groups in total. The predicted molar refractivity (Wildman–Crippen MR) is 53.0 cm³/mol. The lowest BCUT2D eigenvalue weighted by molar-refractivity contribution is -0.873. The quantitative estimate of drug-likeness (QED) is 0.606. The van der Waals surface area contributed by atoms with E-state index in [1.807, 2.05) is 0 Å². The molecule has 0 aromatic heterocycles. The molecule has 0 bridgehead atoms. The zero-order valence-corrected chi connectivity index (χ0v) is 9.76. The molecule has 0 heterocycles. The highest BCUT2D eigenvalue weighted by Crippen LogP contribution is 1.98. The van der Waals surface area contributed by atoms with Crippen molar-refractivity contribution in [3.63, 3.8) is 0 Å². The van der Waals surface area contributed by atoms with Crippen molar-refractivity contribution >= 4 is 5.97 Å². The lowest BCUT2D eigenvalue weighted by Gasteiger charge is -2.25. The molecule has 0 spiro atoms. The Labute approximate surface area is 82.0 Å². The summed E-state index contributed by atoms with van der Waals surface area (Å²) in [5, 5.41) is 9.26. The average molecular weight is 189 g/mol. The smallest absolute Gasteiger partial charge is 0.0803 e. The van der Waals surface area contributed by atoms with Gasteiger partial charge in [-0.2, -0.15) is 0 Å². The van der Waals surface area contributed by atoms with Crippen molar-refractivity contribution in [1.82, 2.24) is 0 Å². The highest BCUT2D eigenvalue weighted by molar-refractivity contribution is 5.63. The van der Waals surface area contributed by atoms with Crippen LogP contribution in [0.4, 0.5) is 0 Å². The Bertz CT molecular complexity index is 136. The largest absolute Gasteiger partial charge is 0.550 e. The molecule has 13 heavy (non-hydrogen) atoms. The van der Waals surface area contributed by atoms with Crippen molar-refractivity contribution in [2.45, 2.75) is 27.2 Å². The summed E-state index contributed by atoms with van der Waals surface area (Å²) >= 11 is 0. The summed E-state index contributed by atoms with van der Waals surface area (Å²) in [6, 6.07) is 0. The van der Waals surface area contributed by atoms with Crippen molar-refractivity contribution in [2.24, 2.45) is 5.92 Å². The maximum absolute atomic E-state index is 9.26. The van der Waals surface area contributed by atoms with Crippen LogP contribution in [0.25, 0.3) is 0 Å². The zero-order chi connectivity index (χ0) is 11.1. The Balaban J connectivity index is 0. The minimum absolute atomic E-state index is 0.111. The molecule has 0 unspecified atom stereocenters. The van der Waals surface area contributed by atoms with E-state index in [9.17, 15) is 9.90 Å². The maximum Gasteiger partial charge on any atom is 0.0803 e. The highest BCUT2D eigenvalue weighted by atomic mass is 16.4. The van der Waals surface area contributed by atoms with Crippen molar-refractivity contribution in [3.8, 4) is 0 Å². The van der Waals surface area contributed by atoms with Gasteiger partial charge >= 0.3 is 0 Å². The summed E-state index contributed by atoms with van der Waals surface area (Å²) in [4.78, 5) is 9.26. The number of carbonyl (C=O) groups is 1. The van der Waals surface area contributed by atoms with Crippen molar-refractivity contribution in [1.29, 1.82) is 0 Å². The van der Waals surface area contributed by atoms with Crippen molar-refractivity contribution in [3.05, 3.63) is 0 Å². The van der Waals surface area contributed by atoms with Crippen LogP contribution >= 0.6 is 0 Å². The fourth-order valence-electron chi connectivity index (χ4n) is 1.10. The summed E-state index contributed by atoms with van der Waals surface area (Å²) in [5.41, 5.74) is 0. The second-order valence-corrected chi connectivity index (χ2v) is 4.59. The van der Waals surface area contributed by atoms with Gasteiger partial charge in [0, 0.05) is 11.9 Å². The Hall–Kier alpha value is -0.570. The summed E-state index contributed by atoms with van der Waals surface area (Å²) in [6.07, 6.45) is 0.111. The highest BCUT2D eigenvalue weighted by Gasteiger charge is 2.08. The van der Waals surface area contributed by atoms with Crippen LogP contribution < -0.4 is 5.11 Å². The minimum Gasteiger partial charge on any atom is -0.550 e. The van der Waals surface area contributed by atoms with E-state index in [0.29, 0.717) is 0 Å². The maximum atomic E-state index is 9.26. The first-order valence-electron chi connectivity index (χ1n) is 4.69. The molecular weight excluding hydrogens is 166 g/mol. The van der Waals surface area contributed by atoms with Gasteiger partial charge in [0.1, 0.15) is 0 Å². The third-order valence-corrected chi connectivity index (χ3v) is 1.20. The molecule has 0 aromatic carbocycles. The molecule has 0 aliphatic heterocycles. The lowest BCUT2D eigenvalue weighted by atomic mass is 10.2. The van der Waals surface area contributed by atoms with E-state index < -0.39 is 5.97 Å². The van der Waals surface area contributed by atoms with Gasteiger partial charge in [-0.15, -0.1) is 0 Å². The first-order valence-corrected chi connectivity index (χ1v) is 4.69. The lowest BCUT2D eigenvalue weighted by Crippen LogP contribution is -2.37. The number of carboxylic acid groups (broad SMARTS) is 1. The topological polar surface area (TPSA) is 40.1 Å². The normalized spacial score (nSPS) is 10.7. The SMILES string of the molecule is CC(C)C[N+](C)(C)C.CCC(=O)[O-]. The van der Waals surface area contributed by atoms with E-state index in [2.05, 4.69) is 35.0 Å². The van der Waals surface area contributed by atoms with E-state index in [1.165, 1.54) is 13.5 Å².